The van der Waals surface area contributed by atoms with Gasteiger partial charge in [0.25, 0.3) is 11.8 Å². The van der Waals surface area contributed by atoms with Crippen molar-refractivity contribution in [2.24, 2.45) is 0 Å². The van der Waals surface area contributed by atoms with Crippen molar-refractivity contribution in [3.63, 3.8) is 0 Å². The molecule has 0 heterocycles. The Hall–Kier alpha value is -3.60. The summed E-state index contributed by atoms with van der Waals surface area (Å²) < 4.78 is 5.71. The number of anilines is 1. The van der Waals surface area contributed by atoms with Crippen LogP contribution in [0.4, 0.5) is 5.69 Å². The number of benzene rings is 3. The highest BCUT2D eigenvalue weighted by Gasteiger charge is 2.19. The highest BCUT2D eigenvalue weighted by Crippen LogP contribution is 2.19. The van der Waals surface area contributed by atoms with E-state index < -0.39 is 6.10 Å². The van der Waals surface area contributed by atoms with Gasteiger partial charge in [0, 0.05) is 0 Å². The number of hydrogen-bond acceptors (Lipinski definition) is 3. The van der Waals surface area contributed by atoms with Gasteiger partial charge in [0.2, 0.25) is 0 Å². The lowest BCUT2D eigenvalue weighted by molar-refractivity contribution is -0.122. The second kappa shape index (κ2) is 9.74. The Kier molecular flexibility index (Phi) is 6.86. The van der Waals surface area contributed by atoms with Crippen LogP contribution in [0.15, 0.2) is 78.9 Å². The molecule has 3 rings (SSSR count). The van der Waals surface area contributed by atoms with Gasteiger partial charge in [-0.05, 0) is 50.6 Å². The molecule has 0 aliphatic heterocycles. The van der Waals surface area contributed by atoms with Crippen LogP contribution < -0.4 is 15.4 Å². The van der Waals surface area contributed by atoms with Crippen LogP contribution in [0.3, 0.4) is 0 Å². The van der Waals surface area contributed by atoms with Crippen molar-refractivity contribution in [3.8, 4) is 5.75 Å². The minimum Gasteiger partial charge on any atom is -0.481 e. The quantitative estimate of drug-likeness (QED) is 0.591. The molecule has 2 N–H and O–H groups in total. The maximum absolute atomic E-state index is 12.8. The van der Waals surface area contributed by atoms with Crippen LogP contribution in [0.1, 0.15) is 41.4 Å². The molecule has 5 heteroatoms. The minimum absolute atomic E-state index is 0.161. The average molecular weight is 402 g/mol. The Morgan fingerprint density at radius 3 is 2.17 bits per heavy atom. The highest BCUT2D eigenvalue weighted by atomic mass is 16.5. The van der Waals surface area contributed by atoms with Crippen LogP contribution in [0.5, 0.6) is 5.75 Å². The van der Waals surface area contributed by atoms with E-state index in [1.165, 1.54) is 0 Å². The van der Waals surface area contributed by atoms with E-state index in [4.69, 9.17) is 4.74 Å². The molecule has 0 saturated carbocycles. The molecule has 5 nitrogen and oxygen atoms in total. The van der Waals surface area contributed by atoms with Crippen LogP contribution in [0.25, 0.3) is 0 Å². The molecule has 2 atom stereocenters. The fourth-order valence-electron chi connectivity index (χ4n) is 3.00. The Morgan fingerprint density at radius 2 is 1.47 bits per heavy atom. The number of ether oxygens (including phenoxy) is 1. The molecule has 0 unspecified atom stereocenters. The molecule has 0 fully saturated rings. The lowest BCUT2D eigenvalue weighted by atomic mass is 10.1. The van der Waals surface area contributed by atoms with Gasteiger partial charge in [0.15, 0.2) is 6.10 Å². The first kappa shape index (κ1) is 21.1. The summed E-state index contributed by atoms with van der Waals surface area (Å²) in [6, 6.07) is 24.0. The predicted molar refractivity (Wildman–Crippen MR) is 119 cm³/mol. The molecule has 3 aromatic carbocycles. The zero-order chi connectivity index (χ0) is 21.5. The molecule has 0 radical (unpaired) electrons. The third-order valence-corrected chi connectivity index (χ3v) is 4.78. The first-order chi connectivity index (χ1) is 14.4. The summed E-state index contributed by atoms with van der Waals surface area (Å²) >= 11 is 0. The smallest absolute Gasteiger partial charge is 0.265 e. The lowest BCUT2D eigenvalue weighted by Gasteiger charge is -2.18. The molecule has 154 valence electrons. The van der Waals surface area contributed by atoms with Crippen molar-refractivity contribution in [3.05, 3.63) is 95.6 Å². The van der Waals surface area contributed by atoms with E-state index in [9.17, 15) is 9.59 Å². The maximum Gasteiger partial charge on any atom is 0.265 e. The summed E-state index contributed by atoms with van der Waals surface area (Å²) in [4.78, 5) is 25.5. The molecule has 0 saturated heterocycles. The molecular weight excluding hydrogens is 376 g/mol. The van der Waals surface area contributed by atoms with E-state index in [0.29, 0.717) is 17.0 Å². The van der Waals surface area contributed by atoms with Gasteiger partial charge in [-0.15, -0.1) is 0 Å². The summed E-state index contributed by atoms with van der Waals surface area (Å²) in [7, 11) is 0. The van der Waals surface area contributed by atoms with Crippen LogP contribution in [-0.4, -0.2) is 17.9 Å². The summed E-state index contributed by atoms with van der Waals surface area (Å²) in [5, 5.41) is 5.79. The van der Waals surface area contributed by atoms with Crippen molar-refractivity contribution in [1.29, 1.82) is 0 Å². The molecule has 0 spiro atoms. The van der Waals surface area contributed by atoms with E-state index in [1.807, 2.05) is 68.4 Å². The van der Waals surface area contributed by atoms with Crippen LogP contribution in [-0.2, 0) is 4.79 Å². The maximum atomic E-state index is 12.8. The van der Waals surface area contributed by atoms with Gasteiger partial charge < -0.3 is 15.4 Å². The van der Waals surface area contributed by atoms with Crippen molar-refractivity contribution in [1.82, 2.24) is 5.32 Å². The number of para-hydroxylation sites is 1. The predicted octanol–water partition coefficient (Wildman–Crippen LogP) is 4.89. The van der Waals surface area contributed by atoms with Crippen LogP contribution >= 0.6 is 0 Å². The van der Waals surface area contributed by atoms with Gasteiger partial charge in [-0.1, -0.05) is 60.2 Å². The summed E-state index contributed by atoms with van der Waals surface area (Å²) in [6.45, 7) is 5.59. The van der Waals surface area contributed by atoms with Crippen molar-refractivity contribution in [2.45, 2.75) is 32.9 Å². The normalized spacial score (nSPS) is 12.5. The van der Waals surface area contributed by atoms with E-state index in [0.717, 1.165) is 11.1 Å². The van der Waals surface area contributed by atoms with Crippen molar-refractivity contribution < 1.29 is 14.3 Å². The third kappa shape index (κ3) is 5.47. The van der Waals surface area contributed by atoms with Crippen molar-refractivity contribution in [2.75, 3.05) is 5.32 Å². The number of carbonyl (C=O) groups is 2. The average Bonchev–Trinajstić information content (AvgIpc) is 2.76. The molecule has 3 aromatic rings. The zero-order valence-electron chi connectivity index (χ0n) is 17.4. The topological polar surface area (TPSA) is 67.4 Å². The fraction of sp³-hybridized carbons (Fsp3) is 0.200. The number of hydrogen-bond donors (Lipinski definition) is 2. The number of nitrogens with one attached hydrogen (secondary N) is 2. The standard InChI is InChI=1S/C25H26N2O3/c1-17-13-15-21(16-14-17)30-19(3)24(28)27-23-12-8-7-11-22(23)25(29)26-18(2)20-9-5-4-6-10-20/h4-16,18-19H,1-3H3,(H,26,29)(H,27,28)/t18-,19+/m0/s1. The van der Waals surface area contributed by atoms with Gasteiger partial charge in [-0.2, -0.15) is 0 Å². The Bertz CT molecular complexity index is 1000. The van der Waals surface area contributed by atoms with E-state index >= 15 is 0 Å². The Morgan fingerprint density at radius 1 is 0.833 bits per heavy atom. The van der Waals surface area contributed by atoms with Gasteiger partial charge in [-0.3, -0.25) is 9.59 Å². The largest absolute Gasteiger partial charge is 0.481 e. The molecule has 0 bridgehead atoms. The summed E-state index contributed by atoms with van der Waals surface area (Å²) in [5.41, 5.74) is 2.97. The first-order valence-corrected chi connectivity index (χ1v) is 9.93. The number of rotatable bonds is 7. The number of amides is 2. The fourth-order valence-corrected chi connectivity index (χ4v) is 3.00. The Balaban J connectivity index is 1.67. The van der Waals surface area contributed by atoms with Gasteiger partial charge in [-0.25, -0.2) is 0 Å². The second-order valence-corrected chi connectivity index (χ2v) is 7.21. The molecular formula is C25H26N2O3. The van der Waals surface area contributed by atoms with E-state index in [1.54, 1.807) is 31.2 Å². The van der Waals surface area contributed by atoms with Crippen LogP contribution in [0, 0.1) is 6.92 Å². The molecule has 0 aliphatic carbocycles. The van der Waals surface area contributed by atoms with Gasteiger partial charge in [0.05, 0.1) is 17.3 Å². The van der Waals surface area contributed by atoms with Crippen LogP contribution in [0.2, 0.25) is 0 Å². The van der Waals surface area contributed by atoms with E-state index in [2.05, 4.69) is 10.6 Å². The SMILES string of the molecule is Cc1ccc(O[C@H](C)C(=O)Nc2ccccc2C(=O)N[C@@H](C)c2ccccc2)cc1. The van der Waals surface area contributed by atoms with Crippen molar-refractivity contribution >= 4 is 17.5 Å². The summed E-state index contributed by atoms with van der Waals surface area (Å²) in [5.74, 6) is 0.0345. The number of aryl methyl sites for hydroxylation is 1. The minimum atomic E-state index is -0.716. The Labute approximate surface area is 177 Å². The third-order valence-electron chi connectivity index (χ3n) is 4.78. The molecule has 0 aromatic heterocycles. The molecule has 0 aliphatic rings. The molecule has 2 amide bonds. The van der Waals surface area contributed by atoms with Gasteiger partial charge >= 0.3 is 0 Å². The second-order valence-electron chi connectivity index (χ2n) is 7.21. The highest BCUT2D eigenvalue weighted by molar-refractivity contribution is 6.04. The summed E-state index contributed by atoms with van der Waals surface area (Å²) in [6.07, 6.45) is -0.716. The lowest BCUT2D eigenvalue weighted by Crippen LogP contribution is -2.32. The number of carbonyl (C=O) groups excluding carboxylic acids is 2. The van der Waals surface area contributed by atoms with Gasteiger partial charge in [0.1, 0.15) is 5.75 Å². The molecule has 30 heavy (non-hydrogen) atoms. The first-order valence-electron chi connectivity index (χ1n) is 9.93. The zero-order valence-corrected chi connectivity index (χ0v) is 17.4. The van der Waals surface area contributed by atoms with E-state index in [-0.39, 0.29) is 17.9 Å². The monoisotopic (exact) mass is 402 g/mol.